The zero-order chi connectivity index (χ0) is 14.5. The average molecular weight is 279 g/mol. The molecule has 20 heavy (non-hydrogen) atoms. The lowest BCUT2D eigenvalue weighted by atomic mass is 10.1. The first-order valence-corrected chi connectivity index (χ1v) is 6.15. The fourth-order valence-electron chi connectivity index (χ4n) is 1.73. The zero-order valence-electron chi connectivity index (χ0n) is 10.7. The highest BCUT2D eigenvalue weighted by molar-refractivity contribution is 5.26. The van der Waals surface area contributed by atoms with E-state index in [1.807, 2.05) is 0 Å². The van der Waals surface area contributed by atoms with Gasteiger partial charge in [0.15, 0.2) is 11.6 Å². The molecule has 0 saturated heterocycles. The van der Waals surface area contributed by atoms with Gasteiger partial charge in [0, 0.05) is 12.6 Å². The second-order valence-electron chi connectivity index (χ2n) is 4.35. The molecular formula is C15H15F2NO2. The highest BCUT2D eigenvalue weighted by Crippen LogP contribution is 2.20. The van der Waals surface area contributed by atoms with E-state index in [1.165, 1.54) is 6.07 Å². The molecule has 0 heterocycles. The first kappa shape index (κ1) is 14.4. The Kier molecular flexibility index (Phi) is 4.65. The SMILES string of the molecule is NCc1ccc(C(O)COc2ccc(F)cc2F)cc1. The van der Waals surface area contributed by atoms with Crippen molar-refractivity contribution in [3.05, 3.63) is 65.2 Å². The number of nitrogens with two attached hydrogens (primary N) is 1. The first-order valence-electron chi connectivity index (χ1n) is 6.15. The lowest BCUT2D eigenvalue weighted by molar-refractivity contribution is 0.106. The molecule has 0 amide bonds. The van der Waals surface area contributed by atoms with Crippen LogP contribution in [0.1, 0.15) is 17.2 Å². The van der Waals surface area contributed by atoms with E-state index >= 15 is 0 Å². The van der Waals surface area contributed by atoms with E-state index in [-0.39, 0.29) is 12.4 Å². The molecule has 5 heteroatoms. The molecule has 3 N–H and O–H groups in total. The molecule has 0 aliphatic heterocycles. The van der Waals surface area contributed by atoms with E-state index in [1.54, 1.807) is 24.3 Å². The molecule has 3 nitrogen and oxygen atoms in total. The van der Waals surface area contributed by atoms with Gasteiger partial charge in [-0.15, -0.1) is 0 Å². The fraction of sp³-hybridized carbons (Fsp3) is 0.200. The Morgan fingerprint density at radius 1 is 1.10 bits per heavy atom. The number of benzene rings is 2. The quantitative estimate of drug-likeness (QED) is 0.884. The Labute approximate surface area is 115 Å². The summed E-state index contributed by atoms with van der Waals surface area (Å²) in [6, 6.07) is 10.1. The number of ether oxygens (including phenoxy) is 1. The maximum atomic E-state index is 13.3. The Morgan fingerprint density at radius 3 is 2.40 bits per heavy atom. The number of hydrogen-bond acceptors (Lipinski definition) is 3. The van der Waals surface area contributed by atoms with Crippen LogP contribution in [0.25, 0.3) is 0 Å². The summed E-state index contributed by atoms with van der Waals surface area (Å²) in [5.41, 5.74) is 7.07. The molecule has 0 spiro atoms. The standard InChI is InChI=1S/C15H15F2NO2/c16-12-5-6-15(13(17)7-12)20-9-14(19)11-3-1-10(8-18)2-4-11/h1-7,14,19H,8-9,18H2. The molecule has 0 aromatic heterocycles. The third-order valence-corrected chi connectivity index (χ3v) is 2.89. The van der Waals surface area contributed by atoms with Crippen LogP contribution in [-0.4, -0.2) is 11.7 Å². The average Bonchev–Trinajstić information content (AvgIpc) is 2.46. The minimum Gasteiger partial charge on any atom is -0.487 e. The Hall–Kier alpha value is -1.98. The van der Waals surface area contributed by atoms with Crippen molar-refractivity contribution in [1.82, 2.24) is 0 Å². The van der Waals surface area contributed by atoms with Crippen LogP contribution in [-0.2, 0) is 6.54 Å². The van der Waals surface area contributed by atoms with Gasteiger partial charge in [0.25, 0.3) is 0 Å². The summed E-state index contributed by atoms with van der Waals surface area (Å²) < 4.78 is 31.2. The van der Waals surface area contributed by atoms with E-state index in [4.69, 9.17) is 10.5 Å². The van der Waals surface area contributed by atoms with E-state index in [2.05, 4.69) is 0 Å². The Morgan fingerprint density at radius 2 is 1.80 bits per heavy atom. The zero-order valence-corrected chi connectivity index (χ0v) is 10.7. The van der Waals surface area contributed by atoms with Gasteiger partial charge in [0.1, 0.15) is 18.5 Å². The maximum Gasteiger partial charge on any atom is 0.167 e. The van der Waals surface area contributed by atoms with Gasteiger partial charge in [0.2, 0.25) is 0 Å². The van der Waals surface area contributed by atoms with Gasteiger partial charge in [-0.3, -0.25) is 0 Å². The topological polar surface area (TPSA) is 55.5 Å². The predicted octanol–water partition coefficient (Wildman–Crippen LogP) is 2.54. The van der Waals surface area contributed by atoms with Crippen LogP contribution < -0.4 is 10.5 Å². The molecule has 0 bridgehead atoms. The molecule has 106 valence electrons. The number of aliphatic hydroxyl groups is 1. The second kappa shape index (κ2) is 6.45. The van der Waals surface area contributed by atoms with Crippen molar-refractivity contribution in [1.29, 1.82) is 0 Å². The lowest BCUT2D eigenvalue weighted by Gasteiger charge is -2.13. The first-order chi connectivity index (χ1) is 9.60. The van der Waals surface area contributed by atoms with Crippen molar-refractivity contribution in [2.24, 2.45) is 5.73 Å². The lowest BCUT2D eigenvalue weighted by Crippen LogP contribution is -2.10. The van der Waals surface area contributed by atoms with Gasteiger partial charge in [-0.1, -0.05) is 24.3 Å². The summed E-state index contributed by atoms with van der Waals surface area (Å²) in [6.07, 6.45) is -0.897. The van der Waals surface area contributed by atoms with E-state index in [0.717, 1.165) is 17.7 Å². The van der Waals surface area contributed by atoms with Crippen LogP contribution >= 0.6 is 0 Å². The molecular weight excluding hydrogens is 264 g/mol. The third kappa shape index (κ3) is 3.53. The minimum absolute atomic E-state index is 0.0935. The van der Waals surface area contributed by atoms with Crippen LogP contribution in [0.4, 0.5) is 8.78 Å². The van der Waals surface area contributed by atoms with Crippen molar-refractivity contribution in [3.8, 4) is 5.75 Å². The molecule has 0 fully saturated rings. The maximum absolute atomic E-state index is 13.3. The van der Waals surface area contributed by atoms with E-state index in [0.29, 0.717) is 12.1 Å². The second-order valence-corrected chi connectivity index (χ2v) is 4.35. The minimum atomic E-state index is -0.897. The third-order valence-electron chi connectivity index (χ3n) is 2.89. The van der Waals surface area contributed by atoms with Gasteiger partial charge in [-0.2, -0.15) is 0 Å². The van der Waals surface area contributed by atoms with Gasteiger partial charge < -0.3 is 15.6 Å². The molecule has 2 rings (SSSR count). The van der Waals surface area contributed by atoms with Crippen LogP contribution in [0.2, 0.25) is 0 Å². The summed E-state index contributed by atoms with van der Waals surface area (Å²) in [4.78, 5) is 0. The molecule has 2 aromatic rings. The predicted molar refractivity (Wildman–Crippen MR) is 71.1 cm³/mol. The van der Waals surface area contributed by atoms with E-state index in [9.17, 15) is 13.9 Å². The summed E-state index contributed by atoms with van der Waals surface area (Å²) in [6.45, 7) is 0.304. The molecule has 0 saturated carbocycles. The molecule has 1 unspecified atom stereocenters. The number of rotatable bonds is 5. The Balaban J connectivity index is 1.98. The number of hydrogen-bond donors (Lipinski definition) is 2. The van der Waals surface area contributed by atoms with Crippen LogP contribution in [0.5, 0.6) is 5.75 Å². The van der Waals surface area contributed by atoms with Crippen molar-refractivity contribution < 1.29 is 18.6 Å². The van der Waals surface area contributed by atoms with Gasteiger partial charge >= 0.3 is 0 Å². The largest absolute Gasteiger partial charge is 0.487 e. The van der Waals surface area contributed by atoms with Crippen molar-refractivity contribution >= 4 is 0 Å². The van der Waals surface area contributed by atoms with Crippen LogP contribution in [0.15, 0.2) is 42.5 Å². The summed E-state index contributed by atoms with van der Waals surface area (Å²) in [5.74, 6) is -1.56. The molecule has 2 aromatic carbocycles. The molecule has 0 aliphatic rings. The van der Waals surface area contributed by atoms with Crippen LogP contribution in [0, 0.1) is 11.6 Å². The normalized spacial score (nSPS) is 12.2. The Bertz CT molecular complexity index is 573. The van der Waals surface area contributed by atoms with Crippen molar-refractivity contribution in [2.75, 3.05) is 6.61 Å². The van der Waals surface area contributed by atoms with Crippen LogP contribution in [0.3, 0.4) is 0 Å². The summed E-state index contributed by atoms with van der Waals surface area (Å²) in [5, 5.41) is 9.94. The highest BCUT2D eigenvalue weighted by atomic mass is 19.1. The summed E-state index contributed by atoms with van der Waals surface area (Å²) in [7, 11) is 0. The van der Waals surface area contributed by atoms with Gasteiger partial charge in [0.05, 0.1) is 0 Å². The highest BCUT2D eigenvalue weighted by Gasteiger charge is 2.11. The van der Waals surface area contributed by atoms with E-state index < -0.39 is 17.7 Å². The fourth-order valence-corrected chi connectivity index (χ4v) is 1.73. The molecule has 0 radical (unpaired) electrons. The molecule has 1 atom stereocenters. The number of halogens is 2. The van der Waals surface area contributed by atoms with Gasteiger partial charge in [-0.25, -0.2) is 8.78 Å². The smallest absolute Gasteiger partial charge is 0.167 e. The van der Waals surface area contributed by atoms with Crippen molar-refractivity contribution in [2.45, 2.75) is 12.6 Å². The monoisotopic (exact) mass is 279 g/mol. The molecule has 0 aliphatic carbocycles. The summed E-state index contributed by atoms with van der Waals surface area (Å²) >= 11 is 0. The number of aliphatic hydroxyl groups excluding tert-OH is 1. The van der Waals surface area contributed by atoms with Crippen molar-refractivity contribution in [3.63, 3.8) is 0 Å². The van der Waals surface area contributed by atoms with Gasteiger partial charge in [-0.05, 0) is 23.3 Å².